The number of anilines is 1. The van der Waals surface area contributed by atoms with Gasteiger partial charge in [-0.15, -0.1) is 0 Å². The number of nitrogens with one attached hydrogen (secondary N) is 1. The second kappa shape index (κ2) is 10.7. The molecule has 2 aliphatic rings. The van der Waals surface area contributed by atoms with Crippen LogP contribution in [-0.2, 0) is 9.59 Å². The summed E-state index contributed by atoms with van der Waals surface area (Å²) in [4.78, 5) is 38.9. The van der Waals surface area contributed by atoms with Crippen LogP contribution in [0.1, 0.15) is 12.5 Å². The Balaban J connectivity index is 1.47. The number of hydrogen-bond acceptors (Lipinski definition) is 8. The molecule has 1 N–H and O–H groups in total. The van der Waals surface area contributed by atoms with Gasteiger partial charge in [-0.25, -0.2) is 0 Å². The van der Waals surface area contributed by atoms with Crippen LogP contribution in [0.4, 0.5) is 10.5 Å². The predicted molar refractivity (Wildman–Crippen MR) is 132 cm³/mol. The van der Waals surface area contributed by atoms with Gasteiger partial charge in [0.15, 0.2) is 23.0 Å². The molecule has 2 aromatic rings. The first-order valence-corrected chi connectivity index (χ1v) is 11.7. The summed E-state index contributed by atoms with van der Waals surface area (Å²) in [5.74, 6) is 0.726. The van der Waals surface area contributed by atoms with Gasteiger partial charge < -0.3 is 24.3 Å². The van der Waals surface area contributed by atoms with Crippen molar-refractivity contribution in [2.75, 3.05) is 31.9 Å². The molecule has 0 radical (unpaired) electrons. The number of rotatable bonds is 9. The molecule has 4 rings (SSSR count). The Labute approximate surface area is 210 Å². The second-order valence-corrected chi connectivity index (χ2v) is 8.65. The minimum atomic E-state index is -0.582. The Morgan fingerprint density at radius 2 is 2.03 bits per heavy atom. The van der Waals surface area contributed by atoms with Crippen molar-refractivity contribution in [1.82, 2.24) is 4.90 Å². The van der Waals surface area contributed by atoms with E-state index in [9.17, 15) is 14.4 Å². The molecule has 0 saturated carbocycles. The SMILES string of the molecule is C=CCOc1c(Cl)cc(/C=C2/SC(=O)N(CC(=O)Nc3ccc4c(c3)OCO4)C2=O)cc1OCC. The maximum atomic E-state index is 12.9. The van der Waals surface area contributed by atoms with Crippen LogP contribution in [-0.4, -0.2) is 48.5 Å². The summed E-state index contributed by atoms with van der Waals surface area (Å²) < 4.78 is 21.7. The van der Waals surface area contributed by atoms with Gasteiger partial charge in [-0.3, -0.25) is 19.3 Å². The van der Waals surface area contributed by atoms with Gasteiger partial charge in [-0.1, -0.05) is 24.3 Å². The number of carbonyl (C=O) groups excluding carboxylic acids is 3. The van der Waals surface area contributed by atoms with Crippen LogP contribution in [0.25, 0.3) is 6.08 Å². The molecule has 1 saturated heterocycles. The van der Waals surface area contributed by atoms with Crippen LogP contribution in [0.15, 0.2) is 47.9 Å². The first-order chi connectivity index (χ1) is 16.9. The van der Waals surface area contributed by atoms with Gasteiger partial charge in [0, 0.05) is 11.8 Å². The molecule has 182 valence electrons. The minimum absolute atomic E-state index is 0.109. The van der Waals surface area contributed by atoms with Crippen LogP contribution in [0.2, 0.25) is 5.02 Å². The summed E-state index contributed by atoms with van der Waals surface area (Å²) in [5.41, 5.74) is 0.998. The molecule has 2 aromatic carbocycles. The largest absolute Gasteiger partial charge is 0.490 e. The standard InChI is InChI=1S/C24H21ClN2O7S/c1-3-7-32-22-16(25)8-14(9-19(22)31-4-2)10-20-23(29)27(24(30)35-20)12-21(28)26-15-5-6-17-18(11-15)34-13-33-17/h3,5-6,8-11H,1,4,7,12-13H2,2H3,(H,26,28)/b20-10+. The second-order valence-electron chi connectivity index (χ2n) is 7.25. The van der Waals surface area contributed by atoms with E-state index in [4.69, 9.17) is 30.5 Å². The third-order valence-corrected chi connectivity index (χ3v) is 5.99. The molecule has 35 heavy (non-hydrogen) atoms. The summed E-state index contributed by atoms with van der Waals surface area (Å²) in [7, 11) is 0. The smallest absolute Gasteiger partial charge is 0.294 e. The van der Waals surface area contributed by atoms with Gasteiger partial charge in [0.2, 0.25) is 12.7 Å². The van der Waals surface area contributed by atoms with Gasteiger partial charge in [-0.2, -0.15) is 0 Å². The van der Waals surface area contributed by atoms with E-state index in [1.54, 1.807) is 36.4 Å². The normalized spacial score (nSPS) is 15.5. The van der Waals surface area contributed by atoms with E-state index in [0.717, 1.165) is 16.7 Å². The first-order valence-electron chi connectivity index (χ1n) is 10.5. The molecule has 0 aromatic heterocycles. The average molecular weight is 517 g/mol. The highest BCUT2D eigenvalue weighted by Gasteiger charge is 2.36. The molecule has 0 atom stereocenters. The van der Waals surface area contributed by atoms with E-state index in [2.05, 4.69) is 11.9 Å². The zero-order valence-electron chi connectivity index (χ0n) is 18.7. The third kappa shape index (κ3) is 5.55. The van der Waals surface area contributed by atoms with E-state index >= 15 is 0 Å². The fourth-order valence-electron chi connectivity index (χ4n) is 3.32. The maximum Gasteiger partial charge on any atom is 0.294 e. The number of carbonyl (C=O) groups is 3. The number of ether oxygens (including phenoxy) is 4. The fraction of sp³-hybridized carbons (Fsp3) is 0.208. The van der Waals surface area contributed by atoms with Gasteiger partial charge in [-0.05, 0) is 54.6 Å². The molecule has 2 heterocycles. The summed E-state index contributed by atoms with van der Waals surface area (Å²) in [6, 6.07) is 8.17. The summed E-state index contributed by atoms with van der Waals surface area (Å²) in [6.07, 6.45) is 3.10. The minimum Gasteiger partial charge on any atom is -0.490 e. The van der Waals surface area contributed by atoms with Crippen molar-refractivity contribution in [3.8, 4) is 23.0 Å². The van der Waals surface area contributed by atoms with Crippen LogP contribution in [0, 0.1) is 0 Å². The topological polar surface area (TPSA) is 103 Å². The summed E-state index contributed by atoms with van der Waals surface area (Å²) in [5, 5.41) is 2.38. The van der Waals surface area contributed by atoms with Crippen molar-refractivity contribution < 1.29 is 33.3 Å². The molecule has 0 unspecified atom stereocenters. The third-order valence-electron chi connectivity index (χ3n) is 4.81. The fourth-order valence-corrected chi connectivity index (χ4v) is 4.43. The Morgan fingerprint density at radius 3 is 2.80 bits per heavy atom. The number of imide groups is 1. The molecular weight excluding hydrogens is 496 g/mol. The Hall–Kier alpha value is -3.63. The van der Waals surface area contributed by atoms with Crippen LogP contribution in [0.3, 0.4) is 0 Å². The number of halogens is 1. The maximum absolute atomic E-state index is 12.9. The highest BCUT2D eigenvalue weighted by Crippen LogP contribution is 2.39. The number of benzene rings is 2. The van der Waals surface area contributed by atoms with Crippen molar-refractivity contribution in [1.29, 1.82) is 0 Å². The molecule has 11 heteroatoms. The molecule has 1 fully saturated rings. The molecule has 9 nitrogen and oxygen atoms in total. The van der Waals surface area contributed by atoms with Crippen molar-refractivity contribution >= 4 is 52.2 Å². The zero-order chi connectivity index (χ0) is 24.9. The van der Waals surface area contributed by atoms with Crippen molar-refractivity contribution in [2.24, 2.45) is 0 Å². The monoisotopic (exact) mass is 516 g/mol. The number of fused-ring (bicyclic) bond motifs is 1. The number of thioether (sulfide) groups is 1. The molecule has 0 aliphatic carbocycles. The van der Waals surface area contributed by atoms with Crippen LogP contribution < -0.4 is 24.3 Å². The quantitative estimate of drug-likeness (QED) is 0.377. The van der Waals surface area contributed by atoms with Crippen molar-refractivity contribution in [3.63, 3.8) is 0 Å². The van der Waals surface area contributed by atoms with Gasteiger partial charge >= 0.3 is 0 Å². The van der Waals surface area contributed by atoms with Crippen LogP contribution >= 0.6 is 23.4 Å². The molecule has 3 amide bonds. The van der Waals surface area contributed by atoms with Gasteiger partial charge in [0.1, 0.15) is 13.2 Å². The van der Waals surface area contributed by atoms with Gasteiger partial charge in [0.05, 0.1) is 16.5 Å². The highest BCUT2D eigenvalue weighted by atomic mass is 35.5. The number of amides is 3. The van der Waals surface area contributed by atoms with Crippen LogP contribution in [0.5, 0.6) is 23.0 Å². The summed E-state index contributed by atoms with van der Waals surface area (Å²) in [6.45, 7) is 5.72. The molecule has 0 spiro atoms. The lowest BCUT2D eigenvalue weighted by atomic mass is 10.1. The Bertz CT molecular complexity index is 1230. The van der Waals surface area contributed by atoms with Crippen molar-refractivity contribution in [3.05, 3.63) is 58.5 Å². The van der Waals surface area contributed by atoms with E-state index < -0.39 is 23.6 Å². The van der Waals surface area contributed by atoms with E-state index in [1.807, 2.05) is 6.92 Å². The lowest BCUT2D eigenvalue weighted by Gasteiger charge is -2.14. The van der Waals surface area contributed by atoms with Gasteiger partial charge in [0.25, 0.3) is 11.1 Å². The Morgan fingerprint density at radius 1 is 1.23 bits per heavy atom. The first kappa shape index (κ1) is 24.5. The molecular formula is C24H21ClN2O7S. The molecule has 0 bridgehead atoms. The van der Waals surface area contributed by atoms with E-state index in [0.29, 0.717) is 40.9 Å². The average Bonchev–Trinajstić information content (AvgIpc) is 3.38. The summed E-state index contributed by atoms with van der Waals surface area (Å²) >= 11 is 7.10. The Kier molecular flexibility index (Phi) is 7.52. The lowest BCUT2D eigenvalue weighted by molar-refractivity contribution is -0.127. The lowest BCUT2D eigenvalue weighted by Crippen LogP contribution is -2.36. The van der Waals surface area contributed by atoms with E-state index in [-0.39, 0.29) is 23.3 Å². The highest BCUT2D eigenvalue weighted by molar-refractivity contribution is 8.18. The number of nitrogens with zero attached hydrogens (tertiary/aromatic N) is 1. The van der Waals surface area contributed by atoms with E-state index in [1.165, 1.54) is 6.08 Å². The molecule has 2 aliphatic heterocycles. The predicted octanol–water partition coefficient (Wildman–Crippen LogP) is 4.71. The zero-order valence-corrected chi connectivity index (χ0v) is 20.2. The number of hydrogen-bond donors (Lipinski definition) is 1. The van der Waals surface area contributed by atoms with Crippen molar-refractivity contribution in [2.45, 2.75) is 6.92 Å².